The molecule has 1 aromatic rings. The predicted molar refractivity (Wildman–Crippen MR) is 76.5 cm³/mol. The van der Waals surface area contributed by atoms with Crippen LogP contribution in [0.5, 0.6) is 0 Å². The lowest BCUT2D eigenvalue weighted by Gasteiger charge is -2.26. The number of nitrogens with one attached hydrogen (secondary N) is 2. The van der Waals surface area contributed by atoms with E-state index in [4.69, 9.17) is 0 Å². The number of hydrogen-bond acceptors (Lipinski definition) is 5. The molecule has 0 atom stereocenters. The van der Waals surface area contributed by atoms with Gasteiger partial charge in [-0.05, 0) is 31.9 Å². The Morgan fingerprint density at radius 1 is 1.35 bits per heavy atom. The van der Waals surface area contributed by atoms with Gasteiger partial charge in [0.2, 0.25) is 0 Å². The number of carbonyl (C=O) groups is 1. The van der Waals surface area contributed by atoms with Gasteiger partial charge in [0, 0.05) is 18.5 Å². The van der Waals surface area contributed by atoms with Gasteiger partial charge < -0.3 is 15.7 Å². The van der Waals surface area contributed by atoms with E-state index in [0.717, 1.165) is 12.8 Å². The minimum absolute atomic E-state index is 0.0278. The van der Waals surface area contributed by atoms with Crippen molar-refractivity contribution in [3.63, 3.8) is 0 Å². The molecule has 0 aliphatic heterocycles. The molecule has 0 bridgehead atoms. The summed E-state index contributed by atoms with van der Waals surface area (Å²) in [5.74, 6) is 0.423. The van der Waals surface area contributed by atoms with Crippen molar-refractivity contribution in [3.8, 4) is 0 Å². The van der Waals surface area contributed by atoms with Gasteiger partial charge in [-0.25, -0.2) is 0 Å². The zero-order valence-electron chi connectivity index (χ0n) is 11.9. The van der Waals surface area contributed by atoms with Gasteiger partial charge in [-0.3, -0.25) is 4.79 Å². The van der Waals surface area contributed by atoms with Crippen LogP contribution in [-0.4, -0.2) is 40.9 Å². The van der Waals surface area contributed by atoms with E-state index in [9.17, 15) is 9.90 Å². The number of rotatable bonds is 6. The molecule has 1 fully saturated rings. The molecule has 6 heteroatoms. The first kappa shape index (κ1) is 14.7. The Bertz CT molecular complexity index is 441. The molecule has 2 rings (SSSR count). The van der Waals surface area contributed by atoms with Gasteiger partial charge in [0.15, 0.2) is 5.69 Å². The van der Waals surface area contributed by atoms with Gasteiger partial charge >= 0.3 is 0 Å². The Kier molecular flexibility index (Phi) is 4.89. The van der Waals surface area contributed by atoms with Crippen molar-refractivity contribution in [1.82, 2.24) is 15.5 Å². The van der Waals surface area contributed by atoms with Crippen LogP contribution >= 0.6 is 0 Å². The van der Waals surface area contributed by atoms with Crippen LogP contribution in [0, 0.1) is 5.41 Å². The third kappa shape index (κ3) is 3.45. The molecule has 1 aliphatic rings. The second-order valence-electron chi connectivity index (χ2n) is 5.38. The van der Waals surface area contributed by atoms with Crippen molar-refractivity contribution >= 4 is 11.7 Å². The molecule has 1 aromatic heterocycles. The second kappa shape index (κ2) is 6.65. The van der Waals surface area contributed by atoms with Gasteiger partial charge in [-0.2, -0.15) is 0 Å². The maximum atomic E-state index is 11.6. The molecule has 0 radical (unpaired) electrons. The van der Waals surface area contributed by atoms with Crippen molar-refractivity contribution < 1.29 is 9.90 Å². The SMILES string of the molecule is CCNC(=O)c1ccc(NCC2(CO)CCCC2)nn1. The van der Waals surface area contributed by atoms with Crippen molar-refractivity contribution in [2.45, 2.75) is 32.6 Å². The van der Waals surface area contributed by atoms with Crippen LogP contribution < -0.4 is 10.6 Å². The number of hydrogen-bond donors (Lipinski definition) is 3. The highest BCUT2D eigenvalue weighted by molar-refractivity contribution is 5.92. The molecular formula is C14H22N4O2. The van der Waals surface area contributed by atoms with Gasteiger partial charge in [0.1, 0.15) is 5.82 Å². The van der Waals surface area contributed by atoms with Crippen LogP contribution in [0.1, 0.15) is 43.1 Å². The number of amides is 1. The Balaban J connectivity index is 1.92. The summed E-state index contributed by atoms with van der Waals surface area (Å²) in [5, 5.41) is 23.3. The lowest BCUT2D eigenvalue weighted by atomic mass is 9.87. The van der Waals surface area contributed by atoms with Crippen LogP contribution in [0.3, 0.4) is 0 Å². The van der Waals surface area contributed by atoms with E-state index in [2.05, 4.69) is 20.8 Å². The fraction of sp³-hybridized carbons (Fsp3) is 0.643. The molecule has 1 heterocycles. The number of anilines is 1. The van der Waals surface area contributed by atoms with Crippen molar-refractivity contribution in [2.75, 3.05) is 25.0 Å². The highest BCUT2D eigenvalue weighted by Crippen LogP contribution is 2.37. The van der Waals surface area contributed by atoms with Gasteiger partial charge in [-0.1, -0.05) is 12.8 Å². The Morgan fingerprint density at radius 3 is 2.65 bits per heavy atom. The molecule has 20 heavy (non-hydrogen) atoms. The number of nitrogens with zero attached hydrogens (tertiary/aromatic N) is 2. The fourth-order valence-electron chi connectivity index (χ4n) is 2.59. The first-order chi connectivity index (χ1) is 9.69. The zero-order chi connectivity index (χ0) is 14.4. The summed E-state index contributed by atoms with van der Waals surface area (Å²) in [7, 11) is 0. The zero-order valence-corrected chi connectivity index (χ0v) is 11.9. The normalized spacial score (nSPS) is 16.9. The van der Waals surface area contributed by atoms with Crippen LogP contribution in [0.4, 0.5) is 5.82 Å². The summed E-state index contributed by atoms with van der Waals surface area (Å²) >= 11 is 0. The van der Waals surface area contributed by atoms with E-state index in [1.165, 1.54) is 12.8 Å². The van der Waals surface area contributed by atoms with Gasteiger partial charge in [-0.15, -0.1) is 10.2 Å². The molecule has 0 saturated heterocycles. The van der Waals surface area contributed by atoms with Crippen LogP contribution in [0.15, 0.2) is 12.1 Å². The monoisotopic (exact) mass is 278 g/mol. The third-order valence-electron chi connectivity index (χ3n) is 3.88. The minimum Gasteiger partial charge on any atom is -0.396 e. The van der Waals surface area contributed by atoms with E-state index in [-0.39, 0.29) is 17.9 Å². The summed E-state index contributed by atoms with van der Waals surface area (Å²) < 4.78 is 0. The molecule has 1 saturated carbocycles. The molecule has 1 amide bonds. The maximum Gasteiger partial charge on any atom is 0.271 e. The summed E-state index contributed by atoms with van der Waals surface area (Å²) in [6.45, 7) is 3.32. The highest BCUT2D eigenvalue weighted by Gasteiger charge is 2.32. The van der Waals surface area contributed by atoms with Crippen LogP contribution in [0.25, 0.3) is 0 Å². The fourth-order valence-corrected chi connectivity index (χ4v) is 2.59. The molecule has 0 spiro atoms. The Morgan fingerprint density at radius 2 is 2.10 bits per heavy atom. The standard InChI is InChI=1S/C14H22N4O2/c1-2-15-13(20)11-5-6-12(18-17-11)16-9-14(10-19)7-3-4-8-14/h5-6,19H,2-4,7-10H2,1H3,(H,15,20)(H,16,18). The van der Waals surface area contributed by atoms with Crippen molar-refractivity contribution in [1.29, 1.82) is 0 Å². The first-order valence-corrected chi connectivity index (χ1v) is 7.16. The molecule has 0 unspecified atom stereocenters. The van der Waals surface area contributed by atoms with Crippen molar-refractivity contribution in [3.05, 3.63) is 17.8 Å². The second-order valence-corrected chi connectivity index (χ2v) is 5.38. The number of aliphatic hydroxyl groups is 1. The Hall–Kier alpha value is -1.69. The third-order valence-corrected chi connectivity index (χ3v) is 3.88. The maximum absolute atomic E-state index is 11.6. The minimum atomic E-state index is -0.214. The molecule has 3 N–H and O–H groups in total. The van der Waals surface area contributed by atoms with E-state index in [1.807, 2.05) is 6.92 Å². The molecular weight excluding hydrogens is 256 g/mol. The smallest absolute Gasteiger partial charge is 0.271 e. The average Bonchev–Trinajstić information content (AvgIpc) is 2.95. The summed E-state index contributed by atoms with van der Waals surface area (Å²) in [4.78, 5) is 11.6. The summed E-state index contributed by atoms with van der Waals surface area (Å²) in [6, 6.07) is 3.40. The summed E-state index contributed by atoms with van der Waals surface area (Å²) in [5.41, 5.74) is 0.287. The van der Waals surface area contributed by atoms with Crippen LogP contribution in [-0.2, 0) is 0 Å². The molecule has 0 aromatic carbocycles. The lowest BCUT2D eigenvalue weighted by Crippen LogP contribution is -2.31. The van der Waals surface area contributed by atoms with Gasteiger partial charge in [0.25, 0.3) is 5.91 Å². The number of carbonyl (C=O) groups excluding carboxylic acids is 1. The molecule has 1 aliphatic carbocycles. The highest BCUT2D eigenvalue weighted by atomic mass is 16.3. The topological polar surface area (TPSA) is 87.1 Å². The summed E-state index contributed by atoms with van der Waals surface area (Å²) in [6.07, 6.45) is 4.43. The quantitative estimate of drug-likeness (QED) is 0.727. The lowest BCUT2D eigenvalue weighted by molar-refractivity contribution is 0.0950. The largest absolute Gasteiger partial charge is 0.396 e. The van der Waals surface area contributed by atoms with E-state index >= 15 is 0 Å². The number of aromatic nitrogens is 2. The molecule has 110 valence electrons. The van der Waals surface area contributed by atoms with E-state index < -0.39 is 0 Å². The van der Waals surface area contributed by atoms with E-state index in [0.29, 0.717) is 24.6 Å². The van der Waals surface area contributed by atoms with Crippen molar-refractivity contribution in [2.24, 2.45) is 5.41 Å². The first-order valence-electron chi connectivity index (χ1n) is 7.16. The molecule has 6 nitrogen and oxygen atoms in total. The number of aliphatic hydroxyl groups excluding tert-OH is 1. The van der Waals surface area contributed by atoms with Gasteiger partial charge in [0.05, 0.1) is 6.61 Å². The van der Waals surface area contributed by atoms with Crippen LogP contribution in [0.2, 0.25) is 0 Å². The predicted octanol–water partition coefficient (Wildman–Crippen LogP) is 1.19. The van der Waals surface area contributed by atoms with E-state index in [1.54, 1.807) is 12.1 Å². The average molecular weight is 278 g/mol. The Labute approximate surface area is 119 Å².